The molecule has 0 saturated carbocycles. The van der Waals surface area contributed by atoms with E-state index in [1.54, 1.807) is 17.3 Å². The Bertz CT molecular complexity index is 1030. The van der Waals surface area contributed by atoms with Crippen LogP contribution < -0.4 is 10.6 Å². The number of aliphatic hydroxyl groups is 1. The van der Waals surface area contributed by atoms with Crippen LogP contribution in [0, 0.1) is 6.92 Å². The molecule has 0 aliphatic carbocycles. The SMILES string of the molecule is CCn1c(-c2cnc(C)nc2)nc2c(NC3CCN(C(=O)NCCO)C3)ncnc21. The monoisotopic (exact) mass is 411 g/mol. The summed E-state index contributed by atoms with van der Waals surface area (Å²) in [6, 6.07) is -0.112. The van der Waals surface area contributed by atoms with Gasteiger partial charge < -0.3 is 25.2 Å². The van der Waals surface area contributed by atoms with Gasteiger partial charge in [-0.25, -0.2) is 29.7 Å². The lowest BCUT2D eigenvalue weighted by Crippen LogP contribution is -2.40. The second-order valence-corrected chi connectivity index (χ2v) is 7.12. The number of carbonyl (C=O) groups is 1. The number of amides is 2. The first-order chi connectivity index (χ1) is 14.6. The molecule has 4 rings (SSSR count). The molecule has 3 N–H and O–H groups in total. The third-order valence-corrected chi connectivity index (χ3v) is 5.09. The largest absolute Gasteiger partial charge is 0.395 e. The Morgan fingerprint density at radius 2 is 2.07 bits per heavy atom. The van der Waals surface area contributed by atoms with E-state index in [9.17, 15) is 4.79 Å². The maximum absolute atomic E-state index is 12.1. The molecule has 2 amide bonds. The molecule has 1 aliphatic rings. The van der Waals surface area contributed by atoms with E-state index in [4.69, 9.17) is 10.1 Å². The van der Waals surface area contributed by atoms with Gasteiger partial charge in [-0.2, -0.15) is 0 Å². The lowest BCUT2D eigenvalue weighted by Gasteiger charge is -2.17. The Morgan fingerprint density at radius 3 is 2.80 bits per heavy atom. The quantitative estimate of drug-likeness (QED) is 0.542. The van der Waals surface area contributed by atoms with Crippen molar-refractivity contribution >= 4 is 23.0 Å². The number of rotatable bonds is 6. The van der Waals surface area contributed by atoms with Gasteiger partial charge in [-0.3, -0.25) is 0 Å². The van der Waals surface area contributed by atoms with Crippen LogP contribution in [-0.2, 0) is 6.54 Å². The smallest absolute Gasteiger partial charge is 0.317 e. The number of nitrogens with one attached hydrogen (secondary N) is 2. The van der Waals surface area contributed by atoms with Gasteiger partial charge in [-0.1, -0.05) is 0 Å². The molecule has 1 aliphatic heterocycles. The summed E-state index contributed by atoms with van der Waals surface area (Å²) in [6.07, 6.45) is 5.84. The van der Waals surface area contributed by atoms with Crippen LogP contribution in [0.4, 0.5) is 10.6 Å². The van der Waals surface area contributed by atoms with Crippen molar-refractivity contribution in [3.63, 3.8) is 0 Å². The van der Waals surface area contributed by atoms with Crippen molar-refractivity contribution in [3.05, 3.63) is 24.5 Å². The van der Waals surface area contributed by atoms with Crippen LogP contribution in [0.5, 0.6) is 0 Å². The number of aliphatic hydroxyl groups excluding tert-OH is 1. The summed E-state index contributed by atoms with van der Waals surface area (Å²) in [4.78, 5) is 36.0. The topological polar surface area (TPSA) is 134 Å². The van der Waals surface area contributed by atoms with Crippen LogP contribution in [0.15, 0.2) is 18.7 Å². The summed E-state index contributed by atoms with van der Waals surface area (Å²) >= 11 is 0. The van der Waals surface area contributed by atoms with E-state index >= 15 is 0 Å². The fourth-order valence-corrected chi connectivity index (χ4v) is 3.60. The van der Waals surface area contributed by atoms with E-state index in [2.05, 4.69) is 30.6 Å². The normalized spacial score (nSPS) is 16.2. The standard InChI is InChI=1S/C19H25N9O2/c1-3-28-17(13-8-21-12(2)22-9-13)26-15-16(23-11-24-18(15)28)25-14-4-6-27(10-14)19(30)20-5-7-29/h8-9,11,14,29H,3-7,10H2,1-2H3,(H,20,30)(H,23,24,25). The Balaban J connectivity index is 1.58. The third kappa shape index (κ3) is 3.88. The number of carbonyl (C=O) groups excluding carboxylic acids is 1. The van der Waals surface area contributed by atoms with Crippen LogP contribution in [0.1, 0.15) is 19.2 Å². The number of urea groups is 1. The lowest BCUT2D eigenvalue weighted by atomic mass is 10.2. The number of imidazole rings is 1. The first-order valence-corrected chi connectivity index (χ1v) is 10.0. The van der Waals surface area contributed by atoms with Crippen LogP contribution >= 0.6 is 0 Å². The Kier molecular flexibility index (Phi) is 5.70. The van der Waals surface area contributed by atoms with Crippen molar-refractivity contribution in [2.75, 3.05) is 31.6 Å². The van der Waals surface area contributed by atoms with Gasteiger partial charge in [-0.15, -0.1) is 0 Å². The minimum Gasteiger partial charge on any atom is -0.395 e. The number of hydrogen-bond donors (Lipinski definition) is 3. The van der Waals surface area contributed by atoms with Gasteiger partial charge in [0.1, 0.15) is 18.0 Å². The van der Waals surface area contributed by atoms with Gasteiger partial charge in [0.25, 0.3) is 0 Å². The zero-order valence-corrected chi connectivity index (χ0v) is 17.0. The van der Waals surface area contributed by atoms with Crippen molar-refractivity contribution < 1.29 is 9.90 Å². The van der Waals surface area contributed by atoms with Crippen LogP contribution in [0.25, 0.3) is 22.6 Å². The molecule has 0 spiro atoms. The highest BCUT2D eigenvalue weighted by Gasteiger charge is 2.27. The second kappa shape index (κ2) is 8.57. The number of fused-ring (bicyclic) bond motifs is 1. The van der Waals surface area contributed by atoms with Crippen LogP contribution in [0.2, 0.25) is 0 Å². The molecule has 11 heteroatoms. The molecule has 11 nitrogen and oxygen atoms in total. The molecular weight excluding hydrogens is 386 g/mol. The van der Waals surface area contributed by atoms with Gasteiger partial charge >= 0.3 is 6.03 Å². The van der Waals surface area contributed by atoms with Crippen molar-refractivity contribution in [1.82, 2.24) is 39.7 Å². The zero-order valence-electron chi connectivity index (χ0n) is 17.0. The van der Waals surface area contributed by atoms with E-state index in [1.165, 1.54) is 6.33 Å². The Morgan fingerprint density at radius 1 is 1.27 bits per heavy atom. The Labute approximate surface area is 173 Å². The molecule has 0 bridgehead atoms. The number of aryl methyl sites for hydroxylation is 2. The van der Waals surface area contributed by atoms with Gasteiger partial charge in [0.2, 0.25) is 0 Å². The fraction of sp³-hybridized carbons (Fsp3) is 0.474. The van der Waals surface area contributed by atoms with Gasteiger partial charge in [0.05, 0.1) is 12.2 Å². The number of hydrogen-bond acceptors (Lipinski definition) is 8. The first-order valence-electron chi connectivity index (χ1n) is 10.0. The number of nitrogens with zero attached hydrogens (tertiary/aromatic N) is 7. The van der Waals surface area contributed by atoms with Crippen LogP contribution in [-0.4, -0.2) is 77.8 Å². The number of likely N-dealkylation sites (tertiary alicyclic amines) is 1. The van der Waals surface area contributed by atoms with E-state index in [1.807, 2.05) is 18.4 Å². The molecule has 158 valence electrons. The number of aromatic nitrogens is 6. The average molecular weight is 411 g/mol. The summed E-state index contributed by atoms with van der Waals surface area (Å²) in [7, 11) is 0. The highest BCUT2D eigenvalue weighted by molar-refractivity contribution is 5.86. The molecular formula is C19H25N9O2. The average Bonchev–Trinajstić information content (AvgIpc) is 3.37. The summed E-state index contributed by atoms with van der Waals surface area (Å²) in [5.41, 5.74) is 2.23. The minimum atomic E-state index is -0.168. The Hall–Kier alpha value is -3.34. The fourth-order valence-electron chi connectivity index (χ4n) is 3.60. The lowest BCUT2D eigenvalue weighted by molar-refractivity contribution is 0.203. The number of anilines is 1. The van der Waals surface area contributed by atoms with Gasteiger partial charge in [0, 0.05) is 44.6 Å². The predicted octanol–water partition coefficient (Wildman–Crippen LogP) is 0.800. The van der Waals surface area contributed by atoms with E-state index < -0.39 is 0 Å². The van der Waals surface area contributed by atoms with Crippen molar-refractivity contribution in [2.45, 2.75) is 32.9 Å². The minimum absolute atomic E-state index is 0.0564. The summed E-state index contributed by atoms with van der Waals surface area (Å²) in [5, 5.41) is 15.0. The molecule has 1 unspecified atom stereocenters. The first kappa shape index (κ1) is 20.0. The maximum atomic E-state index is 12.1. The van der Waals surface area contributed by atoms with Gasteiger partial charge in [-0.05, 0) is 20.3 Å². The predicted molar refractivity (Wildman–Crippen MR) is 111 cm³/mol. The molecule has 3 aromatic rings. The van der Waals surface area contributed by atoms with Crippen molar-refractivity contribution in [3.8, 4) is 11.4 Å². The van der Waals surface area contributed by atoms with E-state index in [0.29, 0.717) is 36.8 Å². The highest BCUT2D eigenvalue weighted by Crippen LogP contribution is 2.27. The van der Waals surface area contributed by atoms with Crippen molar-refractivity contribution in [2.24, 2.45) is 0 Å². The molecule has 3 aromatic heterocycles. The highest BCUT2D eigenvalue weighted by atomic mass is 16.3. The molecule has 1 saturated heterocycles. The second-order valence-electron chi connectivity index (χ2n) is 7.12. The molecule has 1 atom stereocenters. The molecule has 0 aromatic carbocycles. The molecule has 4 heterocycles. The molecule has 30 heavy (non-hydrogen) atoms. The van der Waals surface area contributed by atoms with Gasteiger partial charge in [0.15, 0.2) is 17.0 Å². The molecule has 1 fully saturated rings. The third-order valence-electron chi connectivity index (χ3n) is 5.09. The maximum Gasteiger partial charge on any atom is 0.317 e. The summed E-state index contributed by atoms with van der Waals surface area (Å²) < 4.78 is 2.01. The molecule has 0 radical (unpaired) electrons. The zero-order chi connectivity index (χ0) is 21.1. The van der Waals surface area contributed by atoms with Crippen LogP contribution in [0.3, 0.4) is 0 Å². The van der Waals surface area contributed by atoms with Crippen molar-refractivity contribution in [1.29, 1.82) is 0 Å². The summed E-state index contributed by atoms with van der Waals surface area (Å²) in [5.74, 6) is 2.09. The van der Waals surface area contributed by atoms with E-state index in [-0.39, 0.29) is 25.2 Å². The van der Waals surface area contributed by atoms with E-state index in [0.717, 1.165) is 23.5 Å². The summed E-state index contributed by atoms with van der Waals surface area (Å²) in [6.45, 7) is 5.94.